The van der Waals surface area contributed by atoms with Crippen molar-refractivity contribution in [1.82, 2.24) is 15.0 Å². The Bertz CT molecular complexity index is 254. The lowest BCUT2D eigenvalue weighted by Crippen LogP contribution is -1.66. The monoisotopic (exact) mass is 163 g/mol. The average molecular weight is 163 g/mol. The van der Waals surface area contributed by atoms with E-state index in [1.165, 1.54) is 12.5 Å². The zero-order valence-electron chi connectivity index (χ0n) is 6.38. The molecule has 0 aliphatic rings. The van der Waals surface area contributed by atoms with E-state index in [0.29, 0.717) is 0 Å². The highest BCUT2D eigenvalue weighted by Gasteiger charge is 1.76. The van der Waals surface area contributed by atoms with Gasteiger partial charge in [0, 0.05) is 24.8 Å². The van der Waals surface area contributed by atoms with Crippen molar-refractivity contribution in [2.45, 2.75) is 0 Å². The van der Waals surface area contributed by atoms with E-state index in [-0.39, 0.29) is 5.75 Å². The van der Waals surface area contributed by atoms with Crippen LogP contribution in [0.4, 0.5) is 0 Å². The SMILES string of the molecule is Oc1cc[nH]c1.c1cncnc1. The number of aromatic amines is 1. The van der Waals surface area contributed by atoms with Crippen LogP contribution in [0.15, 0.2) is 43.2 Å². The van der Waals surface area contributed by atoms with Gasteiger partial charge in [-0.1, -0.05) is 0 Å². The zero-order valence-corrected chi connectivity index (χ0v) is 6.38. The van der Waals surface area contributed by atoms with Crippen molar-refractivity contribution >= 4 is 0 Å². The first kappa shape index (κ1) is 8.26. The third-order valence-electron chi connectivity index (χ3n) is 1.06. The molecule has 0 atom stereocenters. The van der Waals surface area contributed by atoms with Gasteiger partial charge in [0.25, 0.3) is 0 Å². The summed E-state index contributed by atoms with van der Waals surface area (Å²) in [6, 6.07) is 3.36. The second-order valence-electron chi connectivity index (χ2n) is 1.97. The van der Waals surface area contributed by atoms with Gasteiger partial charge in [-0.3, -0.25) is 0 Å². The normalized spacial score (nSPS) is 8.33. The van der Waals surface area contributed by atoms with Crippen LogP contribution in [-0.2, 0) is 0 Å². The highest BCUT2D eigenvalue weighted by atomic mass is 16.3. The number of nitrogens with one attached hydrogen (secondary N) is 1. The van der Waals surface area contributed by atoms with Gasteiger partial charge < -0.3 is 10.1 Å². The zero-order chi connectivity index (χ0) is 8.65. The van der Waals surface area contributed by atoms with Crippen LogP contribution in [0.5, 0.6) is 5.75 Å². The molecule has 0 saturated carbocycles. The molecule has 0 saturated heterocycles. The van der Waals surface area contributed by atoms with E-state index < -0.39 is 0 Å². The fourth-order valence-electron chi connectivity index (χ4n) is 0.568. The van der Waals surface area contributed by atoms with E-state index in [0.717, 1.165) is 0 Å². The smallest absolute Gasteiger partial charge is 0.132 e. The van der Waals surface area contributed by atoms with Crippen molar-refractivity contribution in [2.24, 2.45) is 0 Å². The van der Waals surface area contributed by atoms with Crippen LogP contribution in [0, 0.1) is 0 Å². The molecule has 12 heavy (non-hydrogen) atoms. The number of hydrogen-bond acceptors (Lipinski definition) is 3. The van der Waals surface area contributed by atoms with Gasteiger partial charge in [-0.05, 0) is 12.1 Å². The fourth-order valence-corrected chi connectivity index (χ4v) is 0.568. The molecule has 0 fully saturated rings. The van der Waals surface area contributed by atoms with Crippen LogP contribution in [0.1, 0.15) is 0 Å². The molecule has 2 N–H and O–H groups in total. The highest BCUT2D eigenvalue weighted by molar-refractivity contribution is 5.12. The van der Waals surface area contributed by atoms with Crippen LogP contribution in [0.25, 0.3) is 0 Å². The van der Waals surface area contributed by atoms with Gasteiger partial charge >= 0.3 is 0 Å². The topological polar surface area (TPSA) is 61.8 Å². The van der Waals surface area contributed by atoms with Crippen LogP contribution in [0.3, 0.4) is 0 Å². The van der Waals surface area contributed by atoms with Gasteiger partial charge in [0.1, 0.15) is 12.1 Å². The molecule has 0 amide bonds. The minimum atomic E-state index is 0.287. The lowest BCUT2D eigenvalue weighted by molar-refractivity contribution is 0.476. The summed E-state index contributed by atoms with van der Waals surface area (Å²) in [5.41, 5.74) is 0. The maximum Gasteiger partial charge on any atom is 0.132 e. The van der Waals surface area contributed by atoms with E-state index in [9.17, 15) is 0 Å². The van der Waals surface area contributed by atoms with Crippen molar-refractivity contribution in [3.05, 3.63) is 43.2 Å². The third-order valence-corrected chi connectivity index (χ3v) is 1.06. The lowest BCUT2D eigenvalue weighted by atomic mass is 10.6. The standard InChI is InChI=1S/C4H4N2.C4H5NO/c1-2-5-4-6-3-1;6-4-1-2-5-3-4/h1-4H;1-3,5-6H. The molecule has 2 heterocycles. The van der Waals surface area contributed by atoms with Gasteiger partial charge in [0.15, 0.2) is 0 Å². The molecule has 2 aromatic heterocycles. The van der Waals surface area contributed by atoms with Crippen molar-refractivity contribution < 1.29 is 5.11 Å². The molecule has 2 aromatic rings. The predicted molar refractivity (Wildman–Crippen MR) is 44.5 cm³/mol. The van der Waals surface area contributed by atoms with Gasteiger partial charge in [-0.2, -0.15) is 0 Å². The van der Waals surface area contributed by atoms with E-state index >= 15 is 0 Å². The first-order valence-corrected chi connectivity index (χ1v) is 3.41. The van der Waals surface area contributed by atoms with E-state index in [4.69, 9.17) is 5.11 Å². The first-order chi connectivity index (χ1) is 5.89. The average Bonchev–Trinajstić information content (AvgIpc) is 2.60. The summed E-state index contributed by atoms with van der Waals surface area (Å²) in [7, 11) is 0. The molecule has 0 spiro atoms. The number of rotatable bonds is 0. The Morgan fingerprint density at radius 2 is 2.00 bits per heavy atom. The molecule has 4 heteroatoms. The van der Waals surface area contributed by atoms with Gasteiger partial charge in [0.2, 0.25) is 0 Å². The maximum absolute atomic E-state index is 8.44. The predicted octanol–water partition coefficient (Wildman–Crippen LogP) is 1.20. The summed E-state index contributed by atoms with van der Waals surface area (Å²) in [6.07, 6.45) is 8.05. The lowest BCUT2D eigenvalue weighted by Gasteiger charge is -1.70. The van der Waals surface area contributed by atoms with E-state index in [1.807, 2.05) is 0 Å². The Morgan fingerprint density at radius 1 is 1.25 bits per heavy atom. The van der Waals surface area contributed by atoms with Crippen LogP contribution < -0.4 is 0 Å². The molecular formula is C8H9N3O. The number of hydrogen-bond donors (Lipinski definition) is 2. The molecule has 0 aromatic carbocycles. The largest absolute Gasteiger partial charge is 0.506 e. The summed E-state index contributed by atoms with van der Waals surface area (Å²) in [6.45, 7) is 0. The molecule has 0 aliphatic carbocycles. The Kier molecular flexibility index (Phi) is 3.37. The number of nitrogens with zero attached hydrogens (tertiary/aromatic N) is 2. The molecule has 0 bridgehead atoms. The molecule has 62 valence electrons. The van der Waals surface area contributed by atoms with E-state index in [1.54, 1.807) is 30.7 Å². The van der Waals surface area contributed by atoms with Crippen molar-refractivity contribution in [3.8, 4) is 5.75 Å². The molecule has 4 nitrogen and oxygen atoms in total. The minimum absolute atomic E-state index is 0.287. The van der Waals surface area contributed by atoms with Gasteiger partial charge in [-0.15, -0.1) is 0 Å². The van der Waals surface area contributed by atoms with Crippen LogP contribution >= 0.6 is 0 Å². The third kappa shape index (κ3) is 3.36. The second-order valence-corrected chi connectivity index (χ2v) is 1.97. The van der Waals surface area contributed by atoms with Crippen molar-refractivity contribution in [3.63, 3.8) is 0 Å². The first-order valence-electron chi connectivity index (χ1n) is 3.41. The molecule has 0 aliphatic heterocycles. The van der Waals surface area contributed by atoms with Gasteiger partial charge in [-0.25, -0.2) is 9.97 Å². The Hall–Kier alpha value is -1.84. The van der Waals surface area contributed by atoms with Crippen molar-refractivity contribution in [1.29, 1.82) is 0 Å². The Labute approximate surface area is 69.9 Å². The van der Waals surface area contributed by atoms with Crippen molar-refractivity contribution in [2.75, 3.05) is 0 Å². The maximum atomic E-state index is 8.44. The summed E-state index contributed by atoms with van der Waals surface area (Å²) in [5.74, 6) is 0.287. The van der Waals surface area contributed by atoms with Gasteiger partial charge in [0.05, 0.1) is 0 Å². The Balaban J connectivity index is 0.000000120. The number of H-pyrrole nitrogens is 1. The highest BCUT2D eigenvalue weighted by Crippen LogP contribution is 2.00. The summed E-state index contributed by atoms with van der Waals surface area (Å²) in [4.78, 5) is 10.0. The summed E-state index contributed by atoms with van der Waals surface area (Å²) >= 11 is 0. The molecule has 0 radical (unpaired) electrons. The quantitative estimate of drug-likeness (QED) is 0.613. The van der Waals surface area contributed by atoms with Crippen LogP contribution in [-0.4, -0.2) is 20.1 Å². The van der Waals surface area contributed by atoms with Crippen LogP contribution in [0.2, 0.25) is 0 Å². The second kappa shape index (κ2) is 4.90. The summed E-state index contributed by atoms with van der Waals surface area (Å²) < 4.78 is 0. The minimum Gasteiger partial charge on any atom is -0.506 e. The molecule has 2 rings (SSSR count). The van der Waals surface area contributed by atoms with E-state index in [2.05, 4.69) is 15.0 Å². The number of aromatic nitrogens is 3. The summed E-state index contributed by atoms with van der Waals surface area (Å²) in [5, 5.41) is 8.44. The fraction of sp³-hybridized carbons (Fsp3) is 0. The Morgan fingerprint density at radius 3 is 2.17 bits per heavy atom. The molecular weight excluding hydrogens is 154 g/mol. The number of aromatic hydroxyl groups is 1. The molecule has 0 unspecified atom stereocenters.